The maximum Gasteiger partial charge on any atom is 0.318 e. The maximum atomic E-state index is 12.7. The summed E-state index contributed by atoms with van der Waals surface area (Å²) in [5.41, 5.74) is 4.23. The first-order valence-corrected chi connectivity index (χ1v) is 13.1. The standard InChI is InChI=1S/C25H34N3O2S/c1-28(15-17-8-9-17)16-18-10-12-21(13-11-18)31(30)27-25(29)26-24-22-6-2-4-19(22)14-20-5-3-7-23(20)24/h10-13,17,19,22,24H,2-9,14-16H2,1H3,(H,26,29)/q-1. The van der Waals surface area contributed by atoms with Crippen LogP contribution in [0.2, 0.25) is 0 Å². The first-order chi connectivity index (χ1) is 15.1. The molecule has 0 bridgehead atoms. The fraction of sp³-hybridized carbons (Fsp3) is 0.640. The van der Waals surface area contributed by atoms with Crippen LogP contribution in [-0.4, -0.2) is 30.6 Å². The zero-order valence-corrected chi connectivity index (χ0v) is 19.3. The highest BCUT2D eigenvalue weighted by atomic mass is 32.2. The van der Waals surface area contributed by atoms with Gasteiger partial charge in [0.05, 0.1) is 6.04 Å². The van der Waals surface area contributed by atoms with Crippen molar-refractivity contribution in [1.29, 1.82) is 0 Å². The van der Waals surface area contributed by atoms with Crippen LogP contribution >= 0.6 is 0 Å². The summed E-state index contributed by atoms with van der Waals surface area (Å²) in [4.78, 5) is 15.6. The Morgan fingerprint density at radius 3 is 2.71 bits per heavy atom. The van der Waals surface area contributed by atoms with E-state index in [4.69, 9.17) is 0 Å². The molecule has 0 aliphatic heterocycles. The Hall–Kier alpha value is -1.66. The van der Waals surface area contributed by atoms with E-state index in [1.165, 1.54) is 62.5 Å². The highest BCUT2D eigenvalue weighted by Gasteiger charge is 2.42. The number of nitrogens with zero attached hydrogens (tertiary/aromatic N) is 2. The largest absolute Gasteiger partial charge is 0.439 e. The number of urea groups is 1. The summed E-state index contributed by atoms with van der Waals surface area (Å²) in [5, 5.41) is 3.16. The molecular weight excluding hydrogens is 406 g/mol. The second kappa shape index (κ2) is 9.07. The van der Waals surface area contributed by atoms with E-state index in [2.05, 4.69) is 21.6 Å². The van der Waals surface area contributed by atoms with Gasteiger partial charge in [-0.2, -0.15) is 10.6 Å². The van der Waals surface area contributed by atoms with E-state index in [0.29, 0.717) is 16.7 Å². The minimum absolute atomic E-state index is 0.108. The van der Waals surface area contributed by atoms with Crippen LogP contribution in [0.25, 0.3) is 0 Å². The van der Waals surface area contributed by atoms with E-state index < -0.39 is 16.6 Å². The Labute approximate surface area is 187 Å². The normalized spacial score (nSPS) is 28.6. The van der Waals surface area contributed by atoms with E-state index in [9.17, 15) is 9.00 Å². The van der Waals surface area contributed by atoms with E-state index in [1.54, 1.807) is 5.57 Å². The molecule has 1 aromatic carbocycles. The smallest absolute Gasteiger partial charge is 0.318 e. The lowest BCUT2D eigenvalue weighted by Gasteiger charge is -2.36. The van der Waals surface area contributed by atoms with Gasteiger partial charge in [0.2, 0.25) is 0 Å². The predicted octanol–water partition coefficient (Wildman–Crippen LogP) is 5.41. The number of hydrogen-bond donors (Lipinski definition) is 1. The number of carbonyl (C=O) groups excluding carboxylic acids is 1. The molecule has 2 amide bonds. The van der Waals surface area contributed by atoms with Crippen molar-refractivity contribution in [2.75, 3.05) is 13.6 Å². The summed E-state index contributed by atoms with van der Waals surface area (Å²) in [6.45, 7) is 2.03. The van der Waals surface area contributed by atoms with Gasteiger partial charge in [-0.25, -0.2) is 4.79 Å². The van der Waals surface area contributed by atoms with Crippen molar-refractivity contribution in [3.05, 3.63) is 41.0 Å². The summed E-state index contributed by atoms with van der Waals surface area (Å²) < 4.78 is 16.7. The lowest BCUT2D eigenvalue weighted by molar-refractivity contribution is 0.233. The van der Waals surface area contributed by atoms with Gasteiger partial charge in [0.25, 0.3) is 0 Å². The molecule has 3 unspecified atom stereocenters. The van der Waals surface area contributed by atoms with Gasteiger partial charge in [0, 0.05) is 13.1 Å². The van der Waals surface area contributed by atoms with Crippen LogP contribution in [0, 0.1) is 17.8 Å². The number of amides is 2. The lowest BCUT2D eigenvalue weighted by Crippen LogP contribution is -2.44. The van der Waals surface area contributed by atoms with Crippen molar-refractivity contribution >= 4 is 16.6 Å². The lowest BCUT2D eigenvalue weighted by atomic mass is 9.75. The molecule has 2 fully saturated rings. The Morgan fingerprint density at radius 1 is 1.13 bits per heavy atom. The molecule has 5 rings (SSSR count). The Balaban J connectivity index is 1.23. The van der Waals surface area contributed by atoms with Gasteiger partial charge in [-0.15, -0.1) is 0 Å². The Kier molecular flexibility index (Phi) is 6.20. The molecule has 4 aliphatic carbocycles. The van der Waals surface area contributed by atoms with Crippen LogP contribution < -0.4 is 5.32 Å². The molecular formula is C25H34N3O2S-. The maximum absolute atomic E-state index is 12.7. The number of rotatable bonds is 6. The zero-order valence-electron chi connectivity index (χ0n) is 18.5. The number of hydrogen-bond acceptors (Lipinski definition) is 4. The molecule has 1 N–H and O–H groups in total. The quantitative estimate of drug-likeness (QED) is 0.475. The summed E-state index contributed by atoms with van der Waals surface area (Å²) in [7, 11) is 0.481. The highest BCUT2D eigenvalue weighted by Crippen LogP contribution is 2.49. The third-order valence-electron chi connectivity index (χ3n) is 7.70. The molecule has 0 saturated heterocycles. The minimum atomic E-state index is -1.67. The van der Waals surface area contributed by atoms with Crippen molar-refractivity contribution in [2.24, 2.45) is 22.1 Å². The summed E-state index contributed by atoms with van der Waals surface area (Å²) in [5.74, 6) is 2.11. The van der Waals surface area contributed by atoms with Gasteiger partial charge in [-0.05, 0) is 87.3 Å². The number of fused-ring (bicyclic) bond motifs is 1. The summed E-state index contributed by atoms with van der Waals surface area (Å²) >= 11 is 0. The molecule has 3 atom stereocenters. The molecule has 168 valence electrons. The number of benzene rings is 1. The van der Waals surface area contributed by atoms with Gasteiger partial charge in [-0.3, -0.25) is 0 Å². The second-order valence-corrected chi connectivity index (χ2v) is 11.2. The number of nitrogens with one attached hydrogen (secondary N) is 1. The molecule has 31 heavy (non-hydrogen) atoms. The average Bonchev–Trinajstić information content (AvgIpc) is 3.23. The first kappa shape index (κ1) is 21.2. The van der Waals surface area contributed by atoms with E-state index in [0.717, 1.165) is 25.4 Å². The Bertz CT molecular complexity index is 944. The molecule has 0 spiro atoms. The summed E-state index contributed by atoms with van der Waals surface area (Å²) in [6.07, 6.45) is 11.2. The SMILES string of the molecule is CN(Cc1ccc([S-](=O)=NC(=O)NC2C3=C(CCC3)CC3CCCC32)cc1)CC1CC1. The molecule has 5 nitrogen and oxygen atoms in total. The number of allylic oxidation sites excluding steroid dienone is 1. The molecule has 4 aliphatic rings. The van der Waals surface area contributed by atoms with Crippen molar-refractivity contribution < 1.29 is 9.00 Å². The van der Waals surface area contributed by atoms with Crippen LogP contribution in [0.15, 0.2) is 44.7 Å². The number of carbonyl (C=O) groups is 1. The fourth-order valence-electron chi connectivity index (χ4n) is 6.08. The van der Waals surface area contributed by atoms with Crippen LogP contribution in [-0.2, 0) is 21.3 Å². The summed E-state index contributed by atoms with van der Waals surface area (Å²) in [6, 6.07) is 7.38. The minimum Gasteiger partial charge on any atom is -0.439 e. The van der Waals surface area contributed by atoms with Crippen LogP contribution in [0.4, 0.5) is 4.79 Å². The van der Waals surface area contributed by atoms with E-state index in [1.807, 2.05) is 24.3 Å². The van der Waals surface area contributed by atoms with Crippen LogP contribution in [0.1, 0.15) is 63.4 Å². The van der Waals surface area contributed by atoms with Gasteiger partial charge in [-0.1, -0.05) is 41.2 Å². The molecule has 0 radical (unpaired) electrons. The topological polar surface area (TPSA) is 61.8 Å². The van der Waals surface area contributed by atoms with Crippen molar-refractivity contribution in [3.63, 3.8) is 0 Å². The highest BCUT2D eigenvalue weighted by molar-refractivity contribution is 7.75. The monoisotopic (exact) mass is 440 g/mol. The van der Waals surface area contributed by atoms with Crippen LogP contribution in [0.3, 0.4) is 0 Å². The van der Waals surface area contributed by atoms with Gasteiger partial charge >= 0.3 is 6.03 Å². The third kappa shape index (κ3) is 4.90. The Morgan fingerprint density at radius 2 is 1.94 bits per heavy atom. The van der Waals surface area contributed by atoms with Crippen molar-refractivity contribution in [2.45, 2.75) is 75.3 Å². The molecule has 1 aromatic rings. The van der Waals surface area contributed by atoms with Gasteiger partial charge < -0.3 is 18.8 Å². The molecule has 0 aromatic heterocycles. The molecule has 0 heterocycles. The zero-order chi connectivity index (χ0) is 21.4. The third-order valence-corrected chi connectivity index (χ3v) is 8.70. The van der Waals surface area contributed by atoms with Crippen LogP contribution in [0.5, 0.6) is 0 Å². The average molecular weight is 441 g/mol. The molecule has 2 saturated carbocycles. The fourth-order valence-corrected chi connectivity index (χ4v) is 6.76. The second-order valence-electron chi connectivity index (χ2n) is 10.1. The van der Waals surface area contributed by atoms with Gasteiger partial charge in [0.1, 0.15) is 0 Å². The first-order valence-electron chi connectivity index (χ1n) is 12.0. The van der Waals surface area contributed by atoms with Crippen molar-refractivity contribution in [3.8, 4) is 0 Å². The van der Waals surface area contributed by atoms with E-state index >= 15 is 0 Å². The molecule has 6 heteroatoms. The van der Waals surface area contributed by atoms with Crippen molar-refractivity contribution in [1.82, 2.24) is 10.2 Å². The van der Waals surface area contributed by atoms with Gasteiger partial charge in [0.15, 0.2) is 0 Å². The predicted molar refractivity (Wildman–Crippen MR) is 123 cm³/mol. The van der Waals surface area contributed by atoms with E-state index in [-0.39, 0.29) is 6.04 Å².